The zero-order chi connectivity index (χ0) is 16.4. The standard InChI is InChI=1S/C19H33N3/c1-4-5-8-19(3)9-6-17(7-10-19)13-16(2)18(14-21)15-22-12-11-20/h4,13-15,17H,1,5-12,20-21H2,2-3H3/b16-13-,18-14-,22-15?. The zero-order valence-corrected chi connectivity index (χ0v) is 14.4. The minimum atomic E-state index is 0.502. The Morgan fingerprint density at radius 3 is 2.59 bits per heavy atom. The van der Waals surface area contributed by atoms with Gasteiger partial charge in [0, 0.05) is 24.5 Å². The number of aliphatic imine (C=N–C) groups is 1. The van der Waals surface area contributed by atoms with Gasteiger partial charge < -0.3 is 11.5 Å². The molecule has 0 radical (unpaired) electrons. The van der Waals surface area contributed by atoms with Crippen molar-refractivity contribution < 1.29 is 0 Å². The lowest BCUT2D eigenvalue weighted by Crippen LogP contribution is -2.23. The molecule has 0 heterocycles. The second-order valence-electron chi connectivity index (χ2n) is 6.77. The average Bonchev–Trinajstić information content (AvgIpc) is 2.52. The van der Waals surface area contributed by atoms with E-state index in [0.29, 0.717) is 24.4 Å². The molecule has 1 rings (SSSR count). The second kappa shape index (κ2) is 9.62. The third-order valence-electron chi connectivity index (χ3n) is 4.80. The van der Waals surface area contributed by atoms with Crippen LogP contribution in [0.4, 0.5) is 0 Å². The first-order valence-electron chi connectivity index (χ1n) is 8.46. The van der Waals surface area contributed by atoms with Crippen LogP contribution in [-0.2, 0) is 0 Å². The summed E-state index contributed by atoms with van der Waals surface area (Å²) in [6, 6.07) is 0. The number of hydrogen-bond acceptors (Lipinski definition) is 3. The minimum absolute atomic E-state index is 0.502. The third kappa shape index (κ3) is 6.18. The van der Waals surface area contributed by atoms with Crippen molar-refractivity contribution in [1.29, 1.82) is 0 Å². The van der Waals surface area contributed by atoms with Crippen molar-refractivity contribution in [2.24, 2.45) is 27.8 Å². The summed E-state index contributed by atoms with van der Waals surface area (Å²) >= 11 is 0. The Labute approximate surface area is 136 Å². The van der Waals surface area contributed by atoms with E-state index in [0.717, 1.165) is 12.0 Å². The highest BCUT2D eigenvalue weighted by Gasteiger charge is 2.29. The largest absolute Gasteiger partial charge is 0.404 e. The zero-order valence-electron chi connectivity index (χ0n) is 14.4. The summed E-state index contributed by atoms with van der Waals surface area (Å²) in [5.74, 6) is 0.662. The molecule has 0 aliphatic heterocycles. The van der Waals surface area contributed by atoms with E-state index >= 15 is 0 Å². The van der Waals surface area contributed by atoms with E-state index in [1.165, 1.54) is 37.7 Å². The molecule has 1 saturated carbocycles. The van der Waals surface area contributed by atoms with E-state index < -0.39 is 0 Å². The van der Waals surface area contributed by atoms with Gasteiger partial charge in [0.15, 0.2) is 0 Å². The van der Waals surface area contributed by atoms with Crippen molar-refractivity contribution in [3.05, 3.63) is 36.1 Å². The molecule has 3 heteroatoms. The number of nitrogens with two attached hydrogens (primary N) is 2. The summed E-state index contributed by atoms with van der Waals surface area (Å²) in [6.07, 6.45) is 15.4. The summed E-state index contributed by atoms with van der Waals surface area (Å²) in [6.45, 7) is 9.61. The molecule has 0 atom stereocenters. The molecule has 0 aromatic rings. The van der Waals surface area contributed by atoms with E-state index in [1.54, 1.807) is 6.20 Å². The van der Waals surface area contributed by atoms with E-state index in [4.69, 9.17) is 11.5 Å². The Hall–Kier alpha value is -1.35. The van der Waals surface area contributed by atoms with E-state index in [-0.39, 0.29) is 0 Å². The number of nitrogens with zero attached hydrogens (tertiary/aromatic N) is 1. The first-order valence-corrected chi connectivity index (χ1v) is 8.46. The van der Waals surface area contributed by atoms with E-state index in [9.17, 15) is 0 Å². The monoisotopic (exact) mass is 303 g/mol. The van der Waals surface area contributed by atoms with Gasteiger partial charge in [-0.1, -0.05) is 19.1 Å². The van der Waals surface area contributed by atoms with Crippen molar-refractivity contribution >= 4 is 6.21 Å². The summed E-state index contributed by atoms with van der Waals surface area (Å²) in [5.41, 5.74) is 13.9. The van der Waals surface area contributed by atoms with Gasteiger partial charge in [-0.3, -0.25) is 4.99 Å². The molecule has 0 amide bonds. The van der Waals surface area contributed by atoms with Crippen molar-refractivity contribution in [2.45, 2.75) is 52.4 Å². The molecule has 0 aromatic carbocycles. The van der Waals surface area contributed by atoms with Crippen LogP contribution in [0.1, 0.15) is 52.4 Å². The number of rotatable bonds is 8. The molecule has 0 bridgehead atoms. The Bertz CT molecular complexity index is 424. The van der Waals surface area contributed by atoms with Gasteiger partial charge in [-0.2, -0.15) is 0 Å². The molecule has 1 aliphatic carbocycles. The van der Waals surface area contributed by atoms with Crippen molar-refractivity contribution in [3.63, 3.8) is 0 Å². The second-order valence-corrected chi connectivity index (χ2v) is 6.77. The minimum Gasteiger partial charge on any atom is -0.404 e. The van der Waals surface area contributed by atoms with Crippen LogP contribution < -0.4 is 11.5 Å². The molecule has 124 valence electrons. The first-order chi connectivity index (χ1) is 10.5. The highest BCUT2D eigenvalue weighted by Crippen LogP contribution is 2.42. The average molecular weight is 303 g/mol. The van der Waals surface area contributed by atoms with Gasteiger partial charge in [0.25, 0.3) is 0 Å². The first kappa shape index (κ1) is 18.7. The van der Waals surface area contributed by atoms with Crippen LogP contribution in [0.15, 0.2) is 41.1 Å². The lowest BCUT2D eigenvalue weighted by molar-refractivity contribution is 0.176. The van der Waals surface area contributed by atoms with Crippen molar-refractivity contribution in [2.75, 3.05) is 13.1 Å². The van der Waals surface area contributed by atoms with Crippen LogP contribution in [-0.4, -0.2) is 19.3 Å². The molecule has 22 heavy (non-hydrogen) atoms. The molecule has 0 spiro atoms. The van der Waals surface area contributed by atoms with E-state index in [2.05, 4.69) is 31.5 Å². The summed E-state index contributed by atoms with van der Waals surface area (Å²) in [5, 5.41) is 0. The molecule has 3 nitrogen and oxygen atoms in total. The molecule has 0 saturated heterocycles. The maximum absolute atomic E-state index is 5.72. The Morgan fingerprint density at radius 2 is 2.05 bits per heavy atom. The highest BCUT2D eigenvalue weighted by molar-refractivity contribution is 5.84. The summed E-state index contributed by atoms with van der Waals surface area (Å²) in [4.78, 5) is 4.28. The van der Waals surface area contributed by atoms with Gasteiger partial charge in [-0.05, 0) is 62.4 Å². The van der Waals surface area contributed by atoms with Crippen LogP contribution in [0.2, 0.25) is 0 Å². The van der Waals surface area contributed by atoms with Crippen molar-refractivity contribution in [1.82, 2.24) is 0 Å². The molecule has 1 fully saturated rings. The topological polar surface area (TPSA) is 64.4 Å². The van der Waals surface area contributed by atoms with Crippen LogP contribution in [0.3, 0.4) is 0 Å². The SMILES string of the molecule is C=CCCC1(C)CCC(/C=C(C)\C(C=NCCN)=C/N)CC1. The summed E-state index contributed by atoms with van der Waals surface area (Å²) < 4.78 is 0. The van der Waals surface area contributed by atoms with Gasteiger partial charge in [0.05, 0.1) is 6.54 Å². The third-order valence-corrected chi connectivity index (χ3v) is 4.80. The van der Waals surface area contributed by atoms with Gasteiger partial charge in [-0.15, -0.1) is 6.58 Å². The Kier molecular flexibility index (Phi) is 8.18. The van der Waals surface area contributed by atoms with Gasteiger partial charge in [0.1, 0.15) is 0 Å². The Morgan fingerprint density at radius 1 is 1.36 bits per heavy atom. The quantitative estimate of drug-likeness (QED) is 0.405. The molecule has 0 aromatic heterocycles. The maximum Gasteiger partial charge on any atom is 0.0512 e. The number of hydrogen-bond donors (Lipinski definition) is 2. The fourth-order valence-corrected chi connectivity index (χ4v) is 3.17. The van der Waals surface area contributed by atoms with Crippen LogP contribution in [0.5, 0.6) is 0 Å². The van der Waals surface area contributed by atoms with Gasteiger partial charge >= 0.3 is 0 Å². The normalized spacial score (nSPS) is 27.3. The van der Waals surface area contributed by atoms with E-state index in [1.807, 2.05) is 12.3 Å². The summed E-state index contributed by atoms with van der Waals surface area (Å²) in [7, 11) is 0. The van der Waals surface area contributed by atoms with Crippen molar-refractivity contribution in [3.8, 4) is 0 Å². The van der Waals surface area contributed by atoms with Gasteiger partial charge in [0.2, 0.25) is 0 Å². The predicted octanol–water partition coefficient (Wildman–Crippen LogP) is 3.97. The molecular weight excluding hydrogens is 270 g/mol. The molecule has 0 unspecified atom stereocenters. The lowest BCUT2D eigenvalue weighted by atomic mass is 9.69. The molecule has 4 N–H and O–H groups in total. The van der Waals surface area contributed by atoms with Crippen LogP contribution in [0, 0.1) is 11.3 Å². The Balaban J connectivity index is 2.58. The maximum atomic E-state index is 5.72. The smallest absolute Gasteiger partial charge is 0.0512 e. The fourth-order valence-electron chi connectivity index (χ4n) is 3.17. The molecule has 1 aliphatic rings. The number of allylic oxidation sites excluding steroid dienone is 4. The highest BCUT2D eigenvalue weighted by atomic mass is 14.7. The van der Waals surface area contributed by atoms with Crippen LogP contribution in [0.25, 0.3) is 0 Å². The lowest BCUT2D eigenvalue weighted by Gasteiger charge is -2.36. The predicted molar refractivity (Wildman–Crippen MR) is 97.9 cm³/mol. The fraction of sp³-hybridized carbons (Fsp3) is 0.632. The van der Waals surface area contributed by atoms with Gasteiger partial charge in [-0.25, -0.2) is 0 Å². The van der Waals surface area contributed by atoms with Crippen LogP contribution >= 0.6 is 0 Å². The molecular formula is C19H33N3.